The zero-order valence-corrected chi connectivity index (χ0v) is 13.9. The number of hydrogen-bond acceptors (Lipinski definition) is 4. The molecule has 5 nitrogen and oxygen atoms in total. The lowest BCUT2D eigenvalue weighted by atomic mass is 10.2. The number of pyridine rings is 1. The number of hydrogen-bond donors (Lipinski definition) is 1. The van der Waals surface area contributed by atoms with E-state index in [4.69, 9.17) is 0 Å². The summed E-state index contributed by atoms with van der Waals surface area (Å²) in [6, 6.07) is 3.48. The van der Waals surface area contributed by atoms with Crippen molar-refractivity contribution in [3.8, 4) is 0 Å². The van der Waals surface area contributed by atoms with Crippen LogP contribution in [0, 0.1) is 5.92 Å². The van der Waals surface area contributed by atoms with E-state index in [2.05, 4.69) is 17.2 Å². The monoisotopic (exact) mass is 311 g/mol. The van der Waals surface area contributed by atoms with E-state index in [1.54, 1.807) is 19.3 Å². The Morgan fingerprint density at radius 2 is 2.14 bits per heavy atom. The van der Waals surface area contributed by atoms with Crippen LogP contribution in [-0.4, -0.2) is 37.3 Å². The van der Waals surface area contributed by atoms with Gasteiger partial charge in [-0.15, -0.1) is 0 Å². The van der Waals surface area contributed by atoms with E-state index >= 15 is 0 Å². The highest BCUT2D eigenvalue weighted by molar-refractivity contribution is 7.89. The van der Waals surface area contributed by atoms with Crippen LogP contribution < -0.4 is 5.32 Å². The average Bonchev–Trinajstić information content (AvgIpc) is 3.31. The Bertz CT molecular complexity index is 553. The smallest absolute Gasteiger partial charge is 0.260 e. The highest BCUT2D eigenvalue weighted by atomic mass is 32.2. The topological polar surface area (TPSA) is 62.3 Å². The molecule has 1 N–H and O–H groups in total. The fraction of sp³-hybridized carbons (Fsp3) is 0.667. The van der Waals surface area contributed by atoms with E-state index in [9.17, 15) is 8.42 Å². The van der Waals surface area contributed by atoms with Gasteiger partial charge in [0.05, 0.1) is 0 Å². The first-order chi connectivity index (χ1) is 9.96. The summed E-state index contributed by atoms with van der Waals surface area (Å²) in [5.41, 5.74) is 1.00. The molecule has 6 heteroatoms. The van der Waals surface area contributed by atoms with Gasteiger partial charge in [0.1, 0.15) is 0 Å². The first-order valence-corrected chi connectivity index (χ1v) is 9.04. The molecule has 1 fully saturated rings. The Morgan fingerprint density at radius 3 is 2.67 bits per heavy atom. The maximum absolute atomic E-state index is 12.5. The van der Waals surface area contributed by atoms with Crippen molar-refractivity contribution in [3.63, 3.8) is 0 Å². The molecule has 1 unspecified atom stereocenters. The van der Waals surface area contributed by atoms with E-state index < -0.39 is 10.0 Å². The third-order valence-electron chi connectivity index (χ3n) is 4.07. The Kier molecular flexibility index (Phi) is 5.35. The second-order valence-electron chi connectivity index (χ2n) is 5.78. The lowest BCUT2D eigenvalue weighted by Crippen LogP contribution is -2.36. The minimum Gasteiger partial charge on any atom is -0.313 e. The van der Waals surface area contributed by atoms with Crippen molar-refractivity contribution in [3.05, 3.63) is 23.9 Å². The molecule has 1 atom stereocenters. The van der Waals surface area contributed by atoms with Gasteiger partial charge in [-0.3, -0.25) is 0 Å². The second-order valence-corrected chi connectivity index (χ2v) is 7.73. The molecular formula is C15H25N3O2S. The summed E-state index contributed by atoms with van der Waals surface area (Å²) in [5.74, 6) is 0.502. The van der Waals surface area contributed by atoms with Gasteiger partial charge in [0, 0.05) is 25.8 Å². The Labute approximate surface area is 127 Å². The third-order valence-corrected chi connectivity index (χ3v) is 5.94. The largest absolute Gasteiger partial charge is 0.313 e. The summed E-state index contributed by atoms with van der Waals surface area (Å²) in [5, 5.41) is 3.41. The van der Waals surface area contributed by atoms with Gasteiger partial charge < -0.3 is 5.32 Å². The maximum atomic E-state index is 12.5. The van der Waals surface area contributed by atoms with Crippen molar-refractivity contribution < 1.29 is 8.42 Å². The molecule has 21 heavy (non-hydrogen) atoms. The fourth-order valence-electron chi connectivity index (χ4n) is 2.32. The molecule has 1 aliphatic rings. The van der Waals surface area contributed by atoms with Crippen LogP contribution in [0.2, 0.25) is 0 Å². The normalized spacial score (nSPS) is 17.1. The molecule has 1 aromatic rings. The molecule has 0 bridgehead atoms. The number of aromatic nitrogens is 1. The van der Waals surface area contributed by atoms with Crippen molar-refractivity contribution in [2.75, 3.05) is 13.6 Å². The molecular weight excluding hydrogens is 286 g/mol. The van der Waals surface area contributed by atoms with Gasteiger partial charge in [0.25, 0.3) is 10.0 Å². The maximum Gasteiger partial charge on any atom is 0.260 e. The number of sulfonamides is 1. The molecule has 0 aromatic carbocycles. The van der Waals surface area contributed by atoms with E-state index in [1.807, 2.05) is 13.0 Å². The predicted octanol–water partition coefficient (Wildman–Crippen LogP) is 2.00. The zero-order chi connectivity index (χ0) is 15.5. The standard InChI is InChI=1S/C15H25N3O2S/c1-4-9-16-10-13-5-8-15(17-11-13)21(19,20)18(3)12(2)14-6-7-14/h5,8,11-12,14,16H,4,6-7,9-10H2,1-3H3. The van der Waals surface area contributed by atoms with Crippen LogP contribution in [0.5, 0.6) is 0 Å². The van der Waals surface area contributed by atoms with Crippen LogP contribution in [0.4, 0.5) is 0 Å². The zero-order valence-electron chi connectivity index (χ0n) is 13.0. The lowest BCUT2D eigenvalue weighted by molar-refractivity contribution is 0.355. The van der Waals surface area contributed by atoms with Crippen LogP contribution in [-0.2, 0) is 16.6 Å². The van der Waals surface area contributed by atoms with Crippen LogP contribution in [0.25, 0.3) is 0 Å². The lowest BCUT2D eigenvalue weighted by Gasteiger charge is -2.23. The number of rotatable bonds is 8. The van der Waals surface area contributed by atoms with Gasteiger partial charge in [-0.05, 0) is 50.3 Å². The summed E-state index contributed by atoms with van der Waals surface area (Å²) >= 11 is 0. The quantitative estimate of drug-likeness (QED) is 0.746. The molecule has 118 valence electrons. The molecule has 2 rings (SSSR count). The van der Waals surface area contributed by atoms with E-state index in [1.165, 1.54) is 4.31 Å². The van der Waals surface area contributed by atoms with Crippen LogP contribution in [0.3, 0.4) is 0 Å². The first kappa shape index (κ1) is 16.4. The summed E-state index contributed by atoms with van der Waals surface area (Å²) in [4.78, 5) is 4.14. The molecule has 0 spiro atoms. The third kappa shape index (κ3) is 4.02. The van der Waals surface area contributed by atoms with Gasteiger partial charge in [-0.1, -0.05) is 13.0 Å². The molecule has 1 aliphatic carbocycles. The molecule has 0 amide bonds. The molecule has 0 saturated heterocycles. The Morgan fingerprint density at radius 1 is 1.43 bits per heavy atom. The van der Waals surface area contributed by atoms with Gasteiger partial charge in [-0.25, -0.2) is 13.4 Å². The number of nitrogens with one attached hydrogen (secondary N) is 1. The molecule has 0 aliphatic heterocycles. The Hall–Kier alpha value is -0.980. The first-order valence-electron chi connectivity index (χ1n) is 7.60. The number of nitrogens with zero attached hydrogens (tertiary/aromatic N) is 2. The van der Waals surface area contributed by atoms with Crippen molar-refractivity contribution in [2.24, 2.45) is 5.92 Å². The van der Waals surface area contributed by atoms with Crippen molar-refractivity contribution in [2.45, 2.75) is 50.7 Å². The van der Waals surface area contributed by atoms with Crippen molar-refractivity contribution >= 4 is 10.0 Å². The molecule has 1 aromatic heterocycles. The molecule has 1 saturated carbocycles. The van der Waals surface area contributed by atoms with Crippen molar-refractivity contribution in [1.82, 2.24) is 14.6 Å². The van der Waals surface area contributed by atoms with Crippen molar-refractivity contribution in [1.29, 1.82) is 0 Å². The predicted molar refractivity (Wildman–Crippen MR) is 83.4 cm³/mol. The van der Waals surface area contributed by atoms with Gasteiger partial charge >= 0.3 is 0 Å². The summed E-state index contributed by atoms with van der Waals surface area (Å²) in [7, 11) is -1.83. The fourth-order valence-corrected chi connectivity index (χ4v) is 3.65. The minimum absolute atomic E-state index is 0.0442. The second kappa shape index (κ2) is 6.85. The van der Waals surface area contributed by atoms with E-state index in [0.717, 1.165) is 37.9 Å². The SMILES string of the molecule is CCCNCc1ccc(S(=O)(=O)N(C)C(C)C2CC2)nc1. The molecule has 0 radical (unpaired) electrons. The summed E-state index contributed by atoms with van der Waals surface area (Å²) < 4.78 is 26.5. The highest BCUT2D eigenvalue weighted by Gasteiger charge is 2.36. The summed E-state index contributed by atoms with van der Waals surface area (Å²) in [6.45, 7) is 5.74. The van der Waals surface area contributed by atoms with Gasteiger partial charge in [0.2, 0.25) is 0 Å². The Balaban J connectivity index is 2.05. The van der Waals surface area contributed by atoms with Gasteiger partial charge in [-0.2, -0.15) is 4.31 Å². The highest BCUT2D eigenvalue weighted by Crippen LogP contribution is 2.36. The molecule has 1 heterocycles. The van der Waals surface area contributed by atoms with Crippen LogP contribution in [0.1, 0.15) is 38.7 Å². The minimum atomic E-state index is -3.48. The van der Waals surface area contributed by atoms with Crippen LogP contribution in [0.15, 0.2) is 23.4 Å². The average molecular weight is 311 g/mol. The van der Waals surface area contributed by atoms with Gasteiger partial charge in [0.15, 0.2) is 5.03 Å². The van der Waals surface area contributed by atoms with E-state index in [-0.39, 0.29) is 11.1 Å². The van der Waals surface area contributed by atoms with E-state index in [0.29, 0.717) is 5.92 Å². The summed E-state index contributed by atoms with van der Waals surface area (Å²) in [6.07, 6.45) is 4.96. The van der Waals surface area contributed by atoms with Crippen LogP contribution >= 0.6 is 0 Å².